The van der Waals surface area contributed by atoms with Crippen LogP contribution >= 0.6 is 15.9 Å². The van der Waals surface area contributed by atoms with E-state index in [0.29, 0.717) is 23.3 Å². The molecule has 1 aliphatic carbocycles. The molecule has 6 heteroatoms. The van der Waals surface area contributed by atoms with Crippen LogP contribution < -0.4 is 9.47 Å². The van der Waals surface area contributed by atoms with E-state index in [1.165, 1.54) is 0 Å². The number of aryl methyl sites for hydroxylation is 3. The molecule has 32 heavy (non-hydrogen) atoms. The summed E-state index contributed by atoms with van der Waals surface area (Å²) in [6.45, 7) is 10.3. The number of carbonyl (C=O) groups excluding carboxylic acids is 1. The highest BCUT2D eigenvalue weighted by molar-refractivity contribution is 9.10. The average Bonchev–Trinajstić information content (AvgIpc) is 2.75. The number of aromatic nitrogens is 2. The van der Waals surface area contributed by atoms with Crippen molar-refractivity contribution in [3.05, 3.63) is 56.1 Å². The smallest absolute Gasteiger partial charge is 0.185 e. The van der Waals surface area contributed by atoms with Crippen molar-refractivity contribution in [3.63, 3.8) is 0 Å². The number of Topliss-reactive ketones (excluding diaryl/α,β-unsaturated/α-hetero) is 1. The number of hydrogen-bond acceptors (Lipinski definition) is 5. The highest BCUT2D eigenvalue weighted by atomic mass is 79.9. The summed E-state index contributed by atoms with van der Waals surface area (Å²) < 4.78 is 11.7. The number of methoxy groups -OCH3 is 2. The van der Waals surface area contributed by atoms with E-state index in [-0.39, 0.29) is 5.78 Å². The molecular formula is C26H31BrN2O3. The number of carbonyl (C=O) groups is 1. The maximum Gasteiger partial charge on any atom is 0.185 e. The first-order valence-corrected chi connectivity index (χ1v) is 11.6. The molecule has 0 saturated heterocycles. The summed E-state index contributed by atoms with van der Waals surface area (Å²) in [5.74, 6) is 2.17. The predicted octanol–water partition coefficient (Wildman–Crippen LogP) is 6.28. The fraction of sp³-hybridized carbons (Fsp3) is 0.423. The first-order chi connectivity index (χ1) is 15.1. The van der Waals surface area contributed by atoms with Crippen LogP contribution in [0.2, 0.25) is 0 Å². The minimum Gasteiger partial charge on any atom is -0.493 e. The van der Waals surface area contributed by atoms with Crippen LogP contribution in [0.5, 0.6) is 11.5 Å². The number of halogens is 1. The monoisotopic (exact) mass is 498 g/mol. The number of rotatable bonds is 5. The van der Waals surface area contributed by atoms with E-state index in [2.05, 4.69) is 39.7 Å². The lowest BCUT2D eigenvalue weighted by molar-refractivity contribution is -0.113. The zero-order chi connectivity index (χ0) is 23.6. The van der Waals surface area contributed by atoms with E-state index in [4.69, 9.17) is 9.47 Å². The van der Waals surface area contributed by atoms with Gasteiger partial charge in [0.1, 0.15) is 0 Å². The molecule has 5 nitrogen and oxygen atoms in total. The molecule has 1 aromatic carbocycles. The summed E-state index contributed by atoms with van der Waals surface area (Å²) in [5, 5.41) is 0. The fourth-order valence-corrected chi connectivity index (χ4v) is 4.39. The summed E-state index contributed by atoms with van der Waals surface area (Å²) >= 11 is 3.61. The second kappa shape index (κ2) is 9.99. The predicted molar refractivity (Wildman–Crippen MR) is 132 cm³/mol. The molecule has 2 aromatic rings. The lowest BCUT2D eigenvalue weighted by Gasteiger charge is -2.28. The van der Waals surface area contributed by atoms with Crippen LogP contribution in [0.3, 0.4) is 0 Å². The van der Waals surface area contributed by atoms with Gasteiger partial charge in [0.05, 0.1) is 37.0 Å². The van der Waals surface area contributed by atoms with Crippen molar-refractivity contribution in [1.29, 1.82) is 0 Å². The van der Waals surface area contributed by atoms with Crippen LogP contribution in [-0.2, 0) is 4.79 Å². The maximum atomic E-state index is 13.5. The van der Waals surface area contributed by atoms with E-state index in [1.807, 2.05) is 45.1 Å². The van der Waals surface area contributed by atoms with E-state index in [0.717, 1.165) is 56.8 Å². The van der Waals surface area contributed by atoms with Gasteiger partial charge in [-0.2, -0.15) is 0 Å². The van der Waals surface area contributed by atoms with Gasteiger partial charge in [-0.25, -0.2) is 4.98 Å². The Morgan fingerprint density at radius 2 is 1.50 bits per heavy atom. The number of hydrogen-bond donors (Lipinski definition) is 0. The Balaban J connectivity index is 2.08. The highest BCUT2D eigenvalue weighted by Crippen LogP contribution is 2.39. The third-order valence-corrected chi connectivity index (χ3v) is 6.84. The lowest BCUT2D eigenvalue weighted by atomic mass is 9.75. The van der Waals surface area contributed by atoms with Gasteiger partial charge < -0.3 is 9.47 Å². The SMILES string of the molecule is COc1cc(Br)c(/C=C2\CC(C(C)C)C/C(=C\c3nc(C)c(C)nc3C)C2=O)cc1OC. The summed E-state index contributed by atoms with van der Waals surface area (Å²) in [4.78, 5) is 22.8. The second-order valence-corrected chi connectivity index (χ2v) is 9.53. The minimum atomic E-state index is 0.0722. The number of nitrogens with zero attached hydrogens (tertiary/aromatic N) is 2. The molecule has 0 bridgehead atoms. The molecule has 0 radical (unpaired) electrons. The topological polar surface area (TPSA) is 61.3 Å². The van der Waals surface area contributed by atoms with E-state index < -0.39 is 0 Å². The van der Waals surface area contributed by atoms with Gasteiger partial charge in [0.15, 0.2) is 17.3 Å². The van der Waals surface area contributed by atoms with E-state index in [1.54, 1.807) is 14.2 Å². The number of benzene rings is 1. The first kappa shape index (κ1) is 24.2. The van der Waals surface area contributed by atoms with Crippen LogP contribution in [0.1, 0.15) is 55.0 Å². The van der Waals surface area contributed by atoms with Crippen molar-refractivity contribution in [1.82, 2.24) is 9.97 Å². The van der Waals surface area contributed by atoms with Gasteiger partial charge in [0, 0.05) is 15.6 Å². The van der Waals surface area contributed by atoms with Crippen molar-refractivity contribution in [3.8, 4) is 11.5 Å². The number of ether oxygens (including phenoxy) is 2. The summed E-state index contributed by atoms with van der Waals surface area (Å²) in [7, 11) is 3.21. The Bertz CT molecular complexity index is 1100. The quantitative estimate of drug-likeness (QED) is 0.453. The molecule has 1 saturated carbocycles. The fourth-order valence-electron chi connectivity index (χ4n) is 3.95. The van der Waals surface area contributed by atoms with Crippen LogP contribution in [0.15, 0.2) is 27.8 Å². The molecule has 0 N–H and O–H groups in total. The summed E-state index contributed by atoms with van der Waals surface area (Å²) in [6.07, 6.45) is 5.39. The molecule has 0 aliphatic heterocycles. The van der Waals surface area contributed by atoms with Gasteiger partial charge >= 0.3 is 0 Å². The van der Waals surface area contributed by atoms with Gasteiger partial charge in [-0.3, -0.25) is 9.78 Å². The molecule has 1 fully saturated rings. The van der Waals surface area contributed by atoms with Crippen LogP contribution in [0, 0.1) is 32.6 Å². The Labute approximate surface area is 199 Å². The van der Waals surface area contributed by atoms with Crippen LogP contribution in [0.25, 0.3) is 12.2 Å². The third kappa shape index (κ3) is 5.12. The molecule has 0 amide bonds. The van der Waals surface area contributed by atoms with Crippen molar-refractivity contribution in [2.24, 2.45) is 11.8 Å². The zero-order valence-electron chi connectivity index (χ0n) is 19.9. The molecule has 0 spiro atoms. The molecule has 1 unspecified atom stereocenters. The highest BCUT2D eigenvalue weighted by Gasteiger charge is 2.30. The average molecular weight is 499 g/mol. The van der Waals surface area contributed by atoms with Gasteiger partial charge in [0.25, 0.3) is 0 Å². The van der Waals surface area contributed by atoms with Gasteiger partial charge in [-0.05, 0) is 75.3 Å². The maximum absolute atomic E-state index is 13.5. The summed E-state index contributed by atoms with van der Waals surface area (Å²) in [5.41, 5.74) is 5.88. The van der Waals surface area contributed by atoms with Gasteiger partial charge in [-0.15, -0.1) is 0 Å². The molecule has 3 rings (SSSR count). The van der Waals surface area contributed by atoms with Crippen molar-refractivity contribution in [2.75, 3.05) is 14.2 Å². The van der Waals surface area contributed by atoms with Crippen molar-refractivity contribution in [2.45, 2.75) is 47.5 Å². The third-order valence-electron chi connectivity index (χ3n) is 6.15. The largest absolute Gasteiger partial charge is 0.493 e. The van der Waals surface area contributed by atoms with E-state index in [9.17, 15) is 4.79 Å². The molecule has 1 heterocycles. The lowest BCUT2D eigenvalue weighted by Crippen LogP contribution is -2.23. The molecule has 1 aromatic heterocycles. The van der Waals surface area contributed by atoms with Crippen LogP contribution in [0.4, 0.5) is 0 Å². The van der Waals surface area contributed by atoms with Crippen molar-refractivity contribution >= 4 is 33.9 Å². The second-order valence-electron chi connectivity index (χ2n) is 8.67. The Morgan fingerprint density at radius 1 is 0.938 bits per heavy atom. The van der Waals surface area contributed by atoms with E-state index >= 15 is 0 Å². The van der Waals surface area contributed by atoms with Gasteiger partial charge in [-0.1, -0.05) is 29.8 Å². The number of allylic oxidation sites excluding steroid dienone is 2. The van der Waals surface area contributed by atoms with Crippen molar-refractivity contribution < 1.29 is 14.3 Å². The molecule has 1 atom stereocenters. The zero-order valence-corrected chi connectivity index (χ0v) is 21.5. The standard InChI is InChI=1S/C26H31BrN2O3/c1-14(2)18-8-20(10-19-12-24(31-6)25(32-7)13-22(19)27)26(30)21(9-18)11-23-17(5)28-15(3)16(4)29-23/h10-14,18H,8-9H2,1-7H3/b20-10+,21-11+. The summed E-state index contributed by atoms with van der Waals surface area (Å²) in [6, 6.07) is 3.76. The van der Waals surface area contributed by atoms with Crippen LogP contribution in [-0.4, -0.2) is 30.0 Å². The first-order valence-electron chi connectivity index (χ1n) is 10.8. The Morgan fingerprint density at radius 3 is 2.09 bits per heavy atom. The normalized spacial score (nSPS) is 19.2. The minimum absolute atomic E-state index is 0.0722. The van der Waals surface area contributed by atoms with Gasteiger partial charge in [0.2, 0.25) is 0 Å². The number of ketones is 1. The Kier molecular flexibility index (Phi) is 7.55. The Hall–Kier alpha value is -2.47. The molecular weight excluding hydrogens is 468 g/mol. The molecule has 170 valence electrons. The molecule has 1 aliphatic rings.